The Morgan fingerprint density at radius 3 is 1.41 bits per heavy atom. The molecule has 2 heteroatoms. The molecule has 0 saturated carbocycles. The average Bonchev–Trinajstić information content (AvgIpc) is 3.72. The van der Waals surface area contributed by atoms with Crippen molar-refractivity contribution < 1.29 is 0 Å². The van der Waals surface area contributed by atoms with Gasteiger partial charge in [-0.2, -0.15) is 0 Å². The molecule has 1 aromatic heterocycles. The summed E-state index contributed by atoms with van der Waals surface area (Å²) in [7, 11) is 0. The van der Waals surface area contributed by atoms with Crippen LogP contribution in [0.5, 0.6) is 0 Å². The van der Waals surface area contributed by atoms with Crippen LogP contribution in [0.3, 0.4) is 0 Å². The van der Waals surface area contributed by atoms with Crippen LogP contribution in [0.4, 0.5) is 17.1 Å². The highest BCUT2D eigenvalue weighted by atomic mass is 15.1. The van der Waals surface area contributed by atoms with Gasteiger partial charge in [0.15, 0.2) is 0 Å². The number of benzene rings is 10. The summed E-state index contributed by atoms with van der Waals surface area (Å²) in [5.74, 6) is 0.196. The molecule has 11 aromatic rings. The highest BCUT2D eigenvalue weighted by Gasteiger charge is 2.44. The first-order valence-electron chi connectivity index (χ1n) is 22.3. The van der Waals surface area contributed by atoms with Crippen LogP contribution in [0.15, 0.2) is 243 Å². The summed E-state index contributed by atoms with van der Waals surface area (Å²) in [5.41, 5.74) is 22.8. The molecule has 0 aliphatic heterocycles. The second kappa shape index (κ2) is 14.7. The monoisotopic (exact) mass is 814 g/mol. The Morgan fingerprint density at radius 1 is 0.312 bits per heavy atom. The molecular weight excluding hydrogens is 773 g/mol. The van der Waals surface area contributed by atoms with Gasteiger partial charge in [0.25, 0.3) is 0 Å². The van der Waals surface area contributed by atoms with Gasteiger partial charge in [0, 0.05) is 39.7 Å². The third-order valence-electron chi connectivity index (χ3n) is 13.8. The fourth-order valence-electron chi connectivity index (χ4n) is 11.1. The molecule has 0 radical (unpaired) electrons. The molecule has 0 fully saturated rings. The number of hydrogen-bond donors (Lipinski definition) is 0. The standard InChI is InChI=1S/C62H42N2/c1-4-17-41(18-5-1)42-31-35-46(36-32-42)63(47-37-33-44(34-38-47)48-28-16-30-56-58(48)54-27-14-15-29-55(54)64(56)45-21-8-3-9-22-45)57-40-39-49(43-19-6-2-7-20-43)61-59-50-23-10-12-25-52(50)60(62(57)61)53-26-13-11-24-51(53)59/h1-40,59-60H. The van der Waals surface area contributed by atoms with Crippen molar-refractivity contribution >= 4 is 38.9 Å². The normalized spacial score (nSPS) is 14.6. The molecule has 0 N–H and O–H groups in total. The Morgan fingerprint density at radius 2 is 0.781 bits per heavy atom. The lowest BCUT2D eigenvalue weighted by Gasteiger charge is -2.45. The number of hydrogen-bond acceptors (Lipinski definition) is 1. The summed E-state index contributed by atoms with van der Waals surface area (Å²) >= 11 is 0. The number of fused-ring (bicyclic) bond motifs is 3. The molecule has 2 bridgehead atoms. The highest BCUT2D eigenvalue weighted by molar-refractivity contribution is 6.15. The number of para-hydroxylation sites is 2. The molecule has 2 nitrogen and oxygen atoms in total. The molecule has 300 valence electrons. The Bertz CT molecular complexity index is 3480. The third-order valence-corrected chi connectivity index (χ3v) is 13.8. The zero-order valence-electron chi connectivity index (χ0n) is 35.1. The Kier molecular flexibility index (Phi) is 8.39. The zero-order chi connectivity index (χ0) is 42.1. The Balaban J connectivity index is 1.03. The van der Waals surface area contributed by atoms with Gasteiger partial charge in [0.1, 0.15) is 0 Å². The lowest BCUT2D eigenvalue weighted by molar-refractivity contribution is 0.755. The van der Waals surface area contributed by atoms with Crippen LogP contribution in [0, 0.1) is 0 Å². The van der Waals surface area contributed by atoms with Gasteiger partial charge >= 0.3 is 0 Å². The zero-order valence-corrected chi connectivity index (χ0v) is 35.1. The summed E-state index contributed by atoms with van der Waals surface area (Å²) < 4.78 is 2.40. The van der Waals surface area contributed by atoms with Gasteiger partial charge in [-0.05, 0) is 121 Å². The minimum Gasteiger partial charge on any atom is -0.310 e. The second-order valence-electron chi connectivity index (χ2n) is 17.1. The van der Waals surface area contributed by atoms with Crippen LogP contribution in [0.2, 0.25) is 0 Å². The van der Waals surface area contributed by atoms with Crippen molar-refractivity contribution in [3.63, 3.8) is 0 Å². The molecule has 14 rings (SSSR count). The van der Waals surface area contributed by atoms with E-state index in [1.807, 2.05) is 0 Å². The number of rotatable bonds is 7. The first kappa shape index (κ1) is 36.5. The van der Waals surface area contributed by atoms with Gasteiger partial charge in [0.2, 0.25) is 0 Å². The molecule has 1 heterocycles. The maximum atomic E-state index is 2.51. The van der Waals surface area contributed by atoms with E-state index in [9.17, 15) is 0 Å². The Hall–Kier alpha value is -8.20. The fraction of sp³-hybridized carbons (Fsp3) is 0.0323. The maximum absolute atomic E-state index is 2.51. The number of nitrogens with zero attached hydrogens (tertiary/aromatic N) is 2. The molecule has 10 aromatic carbocycles. The lowest BCUT2D eigenvalue weighted by Crippen LogP contribution is -2.30. The first-order valence-corrected chi connectivity index (χ1v) is 22.3. The quantitative estimate of drug-likeness (QED) is 0.156. The van der Waals surface area contributed by atoms with Crippen molar-refractivity contribution in [2.24, 2.45) is 0 Å². The van der Waals surface area contributed by atoms with Crippen LogP contribution in [-0.4, -0.2) is 4.57 Å². The molecule has 0 unspecified atom stereocenters. The molecule has 0 atom stereocenters. The van der Waals surface area contributed by atoms with Crippen LogP contribution in [0.1, 0.15) is 45.2 Å². The SMILES string of the molecule is c1ccc(-c2ccc(N(c3ccc(-c4cccc5c4c4ccccc4n5-c4ccccc4)cc3)c3ccc(-c4ccccc4)c4c3C3c5ccccc5C4c4ccccc43)cc2)cc1. The topological polar surface area (TPSA) is 8.17 Å². The van der Waals surface area contributed by atoms with Gasteiger partial charge in [-0.3, -0.25) is 0 Å². The molecule has 0 amide bonds. The van der Waals surface area contributed by atoms with Gasteiger partial charge < -0.3 is 9.47 Å². The van der Waals surface area contributed by atoms with Crippen molar-refractivity contribution in [2.75, 3.05) is 4.90 Å². The minimum atomic E-state index is 0.0796. The summed E-state index contributed by atoms with van der Waals surface area (Å²) in [6.07, 6.45) is 0. The number of anilines is 3. The van der Waals surface area contributed by atoms with E-state index in [4.69, 9.17) is 0 Å². The predicted molar refractivity (Wildman–Crippen MR) is 267 cm³/mol. The van der Waals surface area contributed by atoms with Crippen molar-refractivity contribution in [1.82, 2.24) is 4.57 Å². The average molecular weight is 815 g/mol. The van der Waals surface area contributed by atoms with Crippen LogP contribution in [0.25, 0.3) is 60.9 Å². The highest BCUT2D eigenvalue weighted by Crippen LogP contribution is 2.61. The molecule has 3 aliphatic carbocycles. The van der Waals surface area contributed by atoms with E-state index < -0.39 is 0 Å². The van der Waals surface area contributed by atoms with Crippen LogP contribution < -0.4 is 4.90 Å². The second-order valence-corrected chi connectivity index (χ2v) is 17.1. The van der Waals surface area contributed by atoms with E-state index in [1.165, 1.54) is 94.3 Å². The summed E-state index contributed by atoms with van der Waals surface area (Å²) in [6, 6.07) is 89.5. The fourth-order valence-corrected chi connectivity index (χ4v) is 11.1. The Labute approximate surface area is 373 Å². The van der Waals surface area contributed by atoms with E-state index in [1.54, 1.807) is 0 Å². The molecule has 0 saturated heterocycles. The van der Waals surface area contributed by atoms with Crippen molar-refractivity contribution in [3.8, 4) is 39.1 Å². The van der Waals surface area contributed by atoms with E-state index in [0.717, 1.165) is 17.1 Å². The van der Waals surface area contributed by atoms with Crippen molar-refractivity contribution in [2.45, 2.75) is 11.8 Å². The van der Waals surface area contributed by atoms with Crippen molar-refractivity contribution in [3.05, 3.63) is 276 Å². The van der Waals surface area contributed by atoms with Gasteiger partial charge in [-0.25, -0.2) is 0 Å². The molecule has 0 spiro atoms. The van der Waals surface area contributed by atoms with Gasteiger partial charge in [0.05, 0.1) is 16.7 Å². The van der Waals surface area contributed by atoms with E-state index in [0.29, 0.717) is 0 Å². The van der Waals surface area contributed by atoms with Gasteiger partial charge in [-0.15, -0.1) is 0 Å². The lowest BCUT2D eigenvalue weighted by atomic mass is 9.59. The smallest absolute Gasteiger partial charge is 0.0547 e. The van der Waals surface area contributed by atoms with E-state index in [-0.39, 0.29) is 11.8 Å². The van der Waals surface area contributed by atoms with Crippen molar-refractivity contribution in [1.29, 1.82) is 0 Å². The van der Waals surface area contributed by atoms with Gasteiger partial charge in [-0.1, -0.05) is 188 Å². The largest absolute Gasteiger partial charge is 0.310 e. The summed E-state index contributed by atoms with van der Waals surface area (Å²) in [6.45, 7) is 0. The third kappa shape index (κ3) is 5.59. The molecule has 64 heavy (non-hydrogen) atoms. The number of aromatic nitrogens is 1. The van der Waals surface area contributed by atoms with E-state index >= 15 is 0 Å². The molecule has 3 aliphatic rings. The predicted octanol–water partition coefficient (Wildman–Crippen LogP) is 16.2. The van der Waals surface area contributed by atoms with Crippen LogP contribution >= 0.6 is 0 Å². The van der Waals surface area contributed by atoms with E-state index in [2.05, 4.69) is 252 Å². The first-order chi connectivity index (χ1) is 31.8. The minimum absolute atomic E-state index is 0.0796. The maximum Gasteiger partial charge on any atom is 0.0547 e. The summed E-state index contributed by atoms with van der Waals surface area (Å²) in [4.78, 5) is 2.51. The van der Waals surface area contributed by atoms with Crippen LogP contribution in [-0.2, 0) is 0 Å². The molecular formula is C62H42N2. The summed E-state index contributed by atoms with van der Waals surface area (Å²) in [5, 5.41) is 2.52.